The van der Waals surface area contributed by atoms with Gasteiger partial charge in [0, 0.05) is 6.04 Å². The summed E-state index contributed by atoms with van der Waals surface area (Å²) in [6.45, 7) is 2.02. The van der Waals surface area contributed by atoms with E-state index in [1.165, 1.54) is 5.56 Å². The minimum atomic E-state index is 0.233. The van der Waals surface area contributed by atoms with Crippen LogP contribution in [0.3, 0.4) is 0 Å². The third kappa shape index (κ3) is 1.75. The first-order valence-corrected chi connectivity index (χ1v) is 4.81. The highest BCUT2D eigenvalue weighted by Gasteiger charge is 2.04. The van der Waals surface area contributed by atoms with Crippen LogP contribution in [0.1, 0.15) is 18.9 Å². The van der Waals surface area contributed by atoms with Crippen LogP contribution in [-0.4, -0.2) is 21.5 Å². The fourth-order valence-electron chi connectivity index (χ4n) is 1.51. The Morgan fingerprint density at radius 1 is 1.43 bits per heavy atom. The van der Waals surface area contributed by atoms with E-state index in [4.69, 9.17) is 5.73 Å². The molecule has 4 nitrogen and oxygen atoms in total. The molecule has 1 aromatic carbocycles. The predicted octanol–water partition coefficient (Wildman–Crippen LogP) is 1.24. The Balaban J connectivity index is 2.27. The van der Waals surface area contributed by atoms with Crippen molar-refractivity contribution in [2.75, 3.05) is 0 Å². The molecule has 0 spiro atoms. The van der Waals surface area contributed by atoms with E-state index in [2.05, 4.69) is 21.5 Å². The molecule has 2 rings (SSSR count). The minimum Gasteiger partial charge on any atom is -0.328 e. The van der Waals surface area contributed by atoms with E-state index in [0.29, 0.717) is 0 Å². The molecular weight excluding hydrogens is 176 g/mol. The largest absolute Gasteiger partial charge is 0.328 e. The second-order valence-corrected chi connectivity index (χ2v) is 3.62. The van der Waals surface area contributed by atoms with E-state index >= 15 is 0 Å². The zero-order chi connectivity index (χ0) is 9.97. The lowest BCUT2D eigenvalue weighted by Gasteiger charge is -2.04. The highest BCUT2D eigenvalue weighted by Crippen LogP contribution is 2.15. The van der Waals surface area contributed by atoms with Crippen LogP contribution in [0, 0.1) is 0 Å². The molecule has 0 saturated carbocycles. The third-order valence-corrected chi connectivity index (χ3v) is 2.30. The quantitative estimate of drug-likeness (QED) is 0.765. The number of nitrogens with one attached hydrogen (secondary N) is 1. The number of aromatic amines is 1. The lowest BCUT2D eigenvalue weighted by molar-refractivity contribution is 0.667. The van der Waals surface area contributed by atoms with Crippen molar-refractivity contribution >= 4 is 11.0 Å². The standard InChI is InChI=1S/C10H14N4/c1-7(11)5-6-8-3-2-4-9-10(8)13-14-12-9/h2-4,7H,5-6,11H2,1H3,(H,12,13,14). The van der Waals surface area contributed by atoms with Gasteiger partial charge >= 0.3 is 0 Å². The van der Waals surface area contributed by atoms with Gasteiger partial charge in [0.15, 0.2) is 0 Å². The summed E-state index contributed by atoms with van der Waals surface area (Å²) in [6, 6.07) is 6.26. The summed E-state index contributed by atoms with van der Waals surface area (Å²) in [6.07, 6.45) is 1.94. The van der Waals surface area contributed by atoms with Crippen LogP contribution >= 0.6 is 0 Å². The first kappa shape index (κ1) is 9.15. The van der Waals surface area contributed by atoms with Gasteiger partial charge in [-0.2, -0.15) is 15.4 Å². The topological polar surface area (TPSA) is 67.6 Å². The average Bonchev–Trinajstić information content (AvgIpc) is 2.62. The molecular formula is C10H14N4. The summed E-state index contributed by atoms with van der Waals surface area (Å²) >= 11 is 0. The zero-order valence-corrected chi connectivity index (χ0v) is 8.20. The molecule has 0 amide bonds. The summed E-state index contributed by atoms with van der Waals surface area (Å²) < 4.78 is 0. The van der Waals surface area contributed by atoms with Gasteiger partial charge in [-0.3, -0.25) is 0 Å². The Kier molecular flexibility index (Phi) is 2.45. The Hall–Kier alpha value is -1.42. The summed E-state index contributed by atoms with van der Waals surface area (Å²) in [4.78, 5) is 0. The first-order valence-electron chi connectivity index (χ1n) is 4.81. The number of H-pyrrole nitrogens is 1. The van der Waals surface area contributed by atoms with Crippen LogP contribution in [0.2, 0.25) is 0 Å². The summed E-state index contributed by atoms with van der Waals surface area (Å²) in [5.41, 5.74) is 8.82. The Morgan fingerprint density at radius 3 is 3.07 bits per heavy atom. The van der Waals surface area contributed by atoms with Gasteiger partial charge in [0.25, 0.3) is 0 Å². The number of hydrogen-bond donors (Lipinski definition) is 2. The number of nitrogens with two attached hydrogens (primary N) is 1. The molecule has 3 N–H and O–H groups in total. The van der Waals surface area contributed by atoms with Crippen molar-refractivity contribution in [1.29, 1.82) is 0 Å². The second-order valence-electron chi connectivity index (χ2n) is 3.62. The molecule has 1 heterocycles. The number of fused-ring (bicyclic) bond motifs is 1. The van der Waals surface area contributed by atoms with E-state index in [-0.39, 0.29) is 6.04 Å². The Labute approximate surface area is 82.5 Å². The van der Waals surface area contributed by atoms with Crippen LogP contribution < -0.4 is 5.73 Å². The monoisotopic (exact) mass is 190 g/mol. The van der Waals surface area contributed by atoms with Crippen molar-refractivity contribution in [3.05, 3.63) is 23.8 Å². The molecule has 0 aliphatic rings. The number of hydrogen-bond acceptors (Lipinski definition) is 3. The number of nitrogens with zero attached hydrogens (tertiary/aromatic N) is 2. The molecule has 0 saturated heterocycles. The van der Waals surface area contributed by atoms with E-state index < -0.39 is 0 Å². The molecule has 1 atom stereocenters. The molecule has 0 aliphatic heterocycles. The van der Waals surface area contributed by atoms with Crippen molar-refractivity contribution in [2.24, 2.45) is 5.73 Å². The molecule has 74 valence electrons. The zero-order valence-electron chi connectivity index (χ0n) is 8.20. The highest BCUT2D eigenvalue weighted by atomic mass is 15.3. The minimum absolute atomic E-state index is 0.233. The van der Waals surface area contributed by atoms with Crippen molar-refractivity contribution in [1.82, 2.24) is 15.4 Å². The van der Waals surface area contributed by atoms with Gasteiger partial charge in [0.1, 0.15) is 11.0 Å². The van der Waals surface area contributed by atoms with E-state index in [1.807, 2.05) is 19.1 Å². The van der Waals surface area contributed by atoms with E-state index in [1.54, 1.807) is 0 Å². The maximum Gasteiger partial charge on any atom is 0.116 e. The average molecular weight is 190 g/mol. The predicted molar refractivity (Wildman–Crippen MR) is 55.9 cm³/mol. The van der Waals surface area contributed by atoms with Gasteiger partial charge in [-0.15, -0.1) is 0 Å². The SMILES string of the molecule is CC(N)CCc1cccc2n[nH]nc12. The number of rotatable bonds is 3. The van der Waals surface area contributed by atoms with Crippen molar-refractivity contribution in [3.63, 3.8) is 0 Å². The molecule has 0 radical (unpaired) electrons. The fraction of sp³-hybridized carbons (Fsp3) is 0.400. The van der Waals surface area contributed by atoms with Crippen molar-refractivity contribution < 1.29 is 0 Å². The summed E-state index contributed by atoms with van der Waals surface area (Å²) in [5.74, 6) is 0. The fourth-order valence-corrected chi connectivity index (χ4v) is 1.51. The summed E-state index contributed by atoms with van der Waals surface area (Å²) in [5, 5.41) is 10.8. The maximum absolute atomic E-state index is 5.72. The Morgan fingerprint density at radius 2 is 2.29 bits per heavy atom. The van der Waals surface area contributed by atoms with Gasteiger partial charge in [-0.1, -0.05) is 12.1 Å². The molecule has 0 fully saturated rings. The molecule has 0 aliphatic carbocycles. The number of aryl methyl sites for hydroxylation is 1. The van der Waals surface area contributed by atoms with Gasteiger partial charge < -0.3 is 5.73 Å². The van der Waals surface area contributed by atoms with Crippen molar-refractivity contribution in [2.45, 2.75) is 25.8 Å². The van der Waals surface area contributed by atoms with Crippen LogP contribution in [0.5, 0.6) is 0 Å². The van der Waals surface area contributed by atoms with Crippen LogP contribution in [-0.2, 0) is 6.42 Å². The third-order valence-electron chi connectivity index (χ3n) is 2.30. The molecule has 0 bridgehead atoms. The number of benzene rings is 1. The van der Waals surface area contributed by atoms with E-state index in [9.17, 15) is 0 Å². The molecule has 1 aromatic heterocycles. The van der Waals surface area contributed by atoms with Crippen molar-refractivity contribution in [3.8, 4) is 0 Å². The normalized spacial score (nSPS) is 13.3. The molecule has 2 aromatic rings. The van der Waals surface area contributed by atoms with Gasteiger partial charge in [0.05, 0.1) is 0 Å². The molecule has 1 unspecified atom stereocenters. The highest BCUT2D eigenvalue weighted by molar-refractivity contribution is 5.77. The van der Waals surface area contributed by atoms with Crippen LogP contribution in [0.4, 0.5) is 0 Å². The molecule has 14 heavy (non-hydrogen) atoms. The maximum atomic E-state index is 5.72. The lowest BCUT2D eigenvalue weighted by Crippen LogP contribution is -2.15. The van der Waals surface area contributed by atoms with Gasteiger partial charge in [-0.25, -0.2) is 0 Å². The number of para-hydroxylation sites is 1. The smallest absolute Gasteiger partial charge is 0.116 e. The van der Waals surface area contributed by atoms with Crippen LogP contribution in [0.15, 0.2) is 18.2 Å². The van der Waals surface area contributed by atoms with Gasteiger partial charge in [0.2, 0.25) is 0 Å². The van der Waals surface area contributed by atoms with Gasteiger partial charge in [-0.05, 0) is 31.4 Å². The number of aromatic nitrogens is 3. The molecule has 4 heteroatoms. The van der Waals surface area contributed by atoms with Crippen LogP contribution in [0.25, 0.3) is 11.0 Å². The second kappa shape index (κ2) is 3.75. The lowest BCUT2D eigenvalue weighted by atomic mass is 10.1. The first-order chi connectivity index (χ1) is 6.77. The van der Waals surface area contributed by atoms with E-state index in [0.717, 1.165) is 23.9 Å². The summed E-state index contributed by atoms with van der Waals surface area (Å²) in [7, 11) is 0. The Bertz CT molecular complexity index is 419.